The predicted octanol–water partition coefficient (Wildman–Crippen LogP) is 4.66. The van der Waals surface area contributed by atoms with Crippen molar-refractivity contribution >= 4 is 11.8 Å². The number of ether oxygens (including phenoxy) is 1. The van der Waals surface area contributed by atoms with Crippen molar-refractivity contribution < 1.29 is 4.74 Å². The van der Waals surface area contributed by atoms with Crippen LogP contribution in [0.25, 0.3) is 0 Å². The van der Waals surface area contributed by atoms with Gasteiger partial charge in [0.05, 0.1) is 6.61 Å². The van der Waals surface area contributed by atoms with Crippen molar-refractivity contribution in [2.75, 3.05) is 18.9 Å². The fraction of sp³-hybridized carbons (Fsp3) is 0.647. The summed E-state index contributed by atoms with van der Waals surface area (Å²) in [6, 6.07) is 8.74. The number of para-hydroxylation sites is 1. The topological polar surface area (TPSA) is 21.3 Å². The van der Waals surface area contributed by atoms with Crippen LogP contribution in [0.15, 0.2) is 24.3 Å². The lowest BCUT2D eigenvalue weighted by Crippen LogP contribution is -2.26. The Morgan fingerprint density at radius 2 is 1.90 bits per heavy atom. The van der Waals surface area contributed by atoms with E-state index < -0.39 is 0 Å². The fourth-order valence-electron chi connectivity index (χ4n) is 1.97. The highest BCUT2D eigenvalue weighted by atomic mass is 32.2. The van der Waals surface area contributed by atoms with Gasteiger partial charge in [-0.25, -0.2) is 0 Å². The Balaban J connectivity index is 2.85. The molecule has 0 aliphatic rings. The zero-order chi connectivity index (χ0) is 15.0. The molecule has 1 unspecified atom stereocenters. The number of hydrogen-bond donors (Lipinski definition) is 1. The van der Waals surface area contributed by atoms with Crippen molar-refractivity contribution in [3.05, 3.63) is 29.8 Å². The van der Waals surface area contributed by atoms with Gasteiger partial charge in [-0.1, -0.05) is 45.9 Å². The van der Waals surface area contributed by atoms with E-state index in [0.717, 1.165) is 24.5 Å². The number of hydrogen-bond acceptors (Lipinski definition) is 3. The zero-order valence-electron chi connectivity index (χ0n) is 13.5. The van der Waals surface area contributed by atoms with Gasteiger partial charge in [0.2, 0.25) is 0 Å². The van der Waals surface area contributed by atoms with Gasteiger partial charge in [-0.15, -0.1) is 0 Å². The smallest absolute Gasteiger partial charge is 0.124 e. The van der Waals surface area contributed by atoms with Crippen LogP contribution in [0.3, 0.4) is 0 Å². The van der Waals surface area contributed by atoms with E-state index in [4.69, 9.17) is 4.74 Å². The van der Waals surface area contributed by atoms with Crippen LogP contribution in [-0.2, 0) is 0 Å². The highest BCUT2D eigenvalue weighted by molar-refractivity contribution is 8.00. The summed E-state index contributed by atoms with van der Waals surface area (Å²) in [6.07, 6.45) is 1.15. The molecule has 0 aliphatic carbocycles. The van der Waals surface area contributed by atoms with Crippen LogP contribution < -0.4 is 10.1 Å². The first-order valence-corrected chi connectivity index (χ1v) is 8.55. The second-order valence-electron chi connectivity index (χ2n) is 5.90. The van der Waals surface area contributed by atoms with Crippen LogP contribution in [0.2, 0.25) is 0 Å². The molecule has 0 saturated carbocycles. The van der Waals surface area contributed by atoms with E-state index in [1.807, 2.05) is 24.8 Å². The molecule has 0 saturated heterocycles. The van der Waals surface area contributed by atoms with Gasteiger partial charge in [-0.2, -0.15) is 11.8 Å². The molecule has 114 valence electrons. The molecule has 3 heteroatoms. The lowest BCUT2D eigenvalue weighted by molar-refractivity contribution is 0.332. The third-order valence-corrected chi connectivity index (χ3v) is 4.28. The van der Waals surface area contributed by atoms with E-state index >= 15 is 0 Å². The SMILES string of the molecule is CCCNC(CSC(C)(C)C)c1ccccc1OCC. The van der Waals surface area contributed by atoms with Crippen LogP contribution in [0, 0.1) is 0 Å². The molecular formula is C17H29NOS. The van der Waals surface area contributed by atoms with E-state index in [1.54, 1.807) is 0 Å². The molecule has 1 atom stereocenters. The molecule has 0 fully saturated rings. The van der Waals surface area contributed by atoms with Gasteiger partial charge in [-0.3, -0.25) is 0 Å². The van der Waals surface area contributed by atoms with Crippen LogP contribution in [0.1, 0.15) is 52.6 Å². The molecule has 1 rings (SSSR count). The maximum atomic E-state index is 5.78. The third kappa shape index (κ3) is 6.19. The van der Waals surface area contributed by atoms with Crippen molar-refractivity contribution in [3.8, 4) is 5.75 Å². The molecule has 1 N–H and O–H groups in total. The van der Waals surface area contributed by atoms with Crippen molar-refractivity contribution in [1.29, 1.82) is 0 Å². The molecule has 0 radical (unpaired) electrons. The first-order valence-electron chi connectivity index (χ1n) is 7.57. The average Bonchev–Trinajstić information content (AvgIpc) is 2.39. The molecular weight excluding hydrogens is 266 g/mol. The minimum Gasteiger partial charge on any atom is -0.494 e. The molecule has 1 aromatic rings. The quantitative estimate of drug-likeness (QED) is 0.754. The summed E-state index contributed by atoms with van der Waals surface area (Å²) in [5, 5.41) is 3.66. The number of rotatable bonds is 8. The van der Waals surface area contributed by atoms with Crippen molar-refractivity contribution in [2.45, 2.75) is 51.8 Å². The minimum absolute atomic E-state index is 0.284. The van der Waals surface area contributed by atoms with Crippen LogP contribution >= 0.6 is 11.8 Å². The van der Waals surface area contributed by atoms with Crippen molar-refractivity contribution in [1.82, 2.24) is 5.32 Å². The predicted molar refractivity (Wildman–Crippen MR) is 90.9 cm³/mol. The Labute approximate surface area is 128 Å². The summed E-state index contributed by atoms with van der Waals surface area (Å²) in [7, 11) is 0. The van der Waals surface area contributed by atoms with Gasteiger partial charge >= 0.3 is 0 Å². The van der Waals surface area contributed by atoms with Gasteiger partial charge in [0.1, 0.15) is 5.75 Å². The summed E-state index contributed by atoms with van der Waals surface area (Å²) in [5.74, 6) is 2.08. The van der Waals surface area contributed by atoms with Crippen LogP contribution in [0.4, 0.5) is 0 Å². The van der Waals surface area contributed by atoms with Gasteiger partial charge in [-0.05, 0) is 26.0 Å². The van der Waals surface area contributed by atoms with E-state index in [-0.39, 0.29) is 4.75 Å². The lowest BCUT2D eigenvalue weighted by Gasteiger charge is -2.25. The molecule has 0 aromatic heterocycles. The fourth-order valence-corrected chi connectivity index (χ4v) is 2.93. The first-order chi connectivity index (χ1) is 9.48. The molecule has 20 heavy (non-hydrogen) atoms. The molecule has 1 aromatic carbocycles. The largest absolute Gasteiger partial charge is 0.494 e. The molecule has 0 aliphatic heterocycles. The molecule has 0 bridgehead atoms. The summed E-state index contributed by atoms with van der Waals surface area (Å²) in [5.41, 5.74) is 1.28. The zero-order valence-corrected chi connectivity index (χ0v) is 14.3. The standard InChI is InChI=1S/C17H29NOS/c1-6-12-18-15(13-20-17(3,4)5)14-10-8-9-11-16(14)19-7-2/h8-11,15,18H,6-7,12-13H2,1-5H3. The summed E-state index contributed by atoms with van der Waals surface area (Å²) in [4.78, 5) is 0. The number of nitrogens with one attached hydrogen (secondary N) is 1. The Bertz CT molecular complexity index is 387. The minimum atomic E-state index is 0.284. The Morgan fingerprint density at radius 1 is 1.20 bits per heavy atom. The first kappa shape index (κ1) is 17.4. The maximum absolute atomic E-state index is 5.78. The van der Waals surface area contributed by atoms with Gasteiger partial charge in [0.25, 0.3) is 0 Å². The van der Waals surface area contributed by atoms with Crippen LogP contribution in [-0.4, -0.2) is 23.7 Å². The molecule has 2 nitrogen and oxygen atoms in total. The van der Waals surface area contributed by atoms with Gasteiger partial charge < -0.3 is 10.1 Å². The number of thioether (sulfide) groups is 1. The van der Waals surface area contributed by atoms with Crippen molar-refractivity contribution in [2.24, 2.45) is 0 Å². The van der Waals surface area contributed by atoms with Crippen molar-refractivity contribution in [3.63, 3.8) is 0 Å². The highest BCUT2D eigenvalue weighted by Gasteiger charge is 2.19. The Morgan fingerprint density at radius 3 is 2.50 bits per heavy atom. The monoisotopic (exact) mass is 295 g/mol. The normalized spacial score (nSPS) is 13.2. The Hall–Kier alpha value is -0.670. The maximum Gasteiger partial charge on any atom is 0.124 e. The molecule has 0 spiro atoms. The van der Waals surface area contributed by atoms with Gasteiger partial charge in [0.15, 0.2) is 0 Å². The van der Waals surface area contributed by atoms with E-state index in [0.29, 0.717) is 12.6 Å². The highest BCUT2D eigenvalue weighted by Crippen LogP contribution is 2.32. The van der Waals surface area contributed by atoms with E-state index in [1.165, 1.54) is 5.56 Å². The van der Waals surface area contributed by atoms with Crippen LogP contribution in [0.5, 0.6) is 5.75 Å². The third-order valence-electron chi connectivity index (χ3n) is 2.92. The lowest BCUT2D eigenvalue weighted by atomic mass is 10.1. The second kappa shape index (κ2) is 8.58. The Kier molecular flexibility index (Phi) is 7.46. The molecule has 0 heterocycles. The average molecular weight is 295 g/mol. The summed E-state index contributed by atoms with van der Waals surface area (Å²) >= 11 is 2.00. The second-order valence-corrected chi connectivity index (χ2v) is 7.75. The molecule has 0 amide bonds. The summed E-state index contributed by atoms with van der Waals surface area (Å²) in [6.45, 7) is 12.8. The van der Waals surface area contributed by atoms with Gasteiger partial charge in [0, 0.05) is 22.1 Å². The number of benzene rings is 1. The summed E-state index contributed by atoms with van der Waals surface area (Å²) < 4.78 is 6.07. The van der Waals surface area contributed by atoms with E-state index in [9.17, 15) is 0 Å². The van der Waals surface area contributed by atoms with E-state index in [2.05, 4.69) is 51.2 Å².